The largest absolute Gasteiger partial charge is 0.508 e. The predicted octanol–water partition coefficient (Wildman–Crippen LogP) is 3.49. The third-order valence-electron chi connectivity index (χ3n) is 4.23. The van der Waals surface area contributed by atoms with Crippen LogP contribution in [0.15, 0.2) is 42.5 Å². The van der Waals surface area contributed by atoms with Crippen molar-refractivity contribution in [2.45, 2.75) is 26.2 Å². The Balaban J connectivity index is 2.01. The molecule has 7 heteroatoms. The molecular formula is C23H27NO6. The molecule has 0 radical (unpaired) electrons. The van der Waals surface area contributed by atoms with E-state index >= 15 is 0 Å². The summed E-state index contributed by atoms with van der Waals surface area (Å²) in [4.78, 5) is 23.9. The Kier molecular flexibility index (Phi) is 8.75. The van der Waals surface area contributed by atoms with Crippen molar-refractivity contribution in [1.82, 2.24) is 5.32 Å². The number of rotatable bonds is 10. The molecule has 0 fully saturated rings. The molecule has 0 aliphatic rings. The Morgan fingerprint density at radius 1 is 1.07 bits per heavy atom. The highest BCUT2D eigenvalue weighted by atomic mass is 16.6. The number of hydrogen-bond donors (Lipinski definition) is 2. The van der Waals surface area contributed by atoms with Crippen molar-refractivity contribution >= 4 is 18.0 Å². The van der Waals surface area contributed by atoms with Gasteiger partial charge in [0.05, 0.1) is 14.2 Å². The van der Waals surface area contributed by atoms with Gasteiger partial charge in [0.15, 0.2) is 11.5 Å². The van der Waals surface area contributed by atoms with E-state index in [0.29, 0.717) is 36.4 Å². The van der Waals surface area contributed by atoms with Gasteiger partial charge in [0.1, 0.15) is 5.75 Å². The van der Waals surface area contributed by atoms with Crippen LogP contribution in [0, 0.1) is 0 Å². The second-order valence-electron chi connectivity index (χ2n) is 6.52. The second kappa shape index (κ2) is 11.5. The molecule has 7 nitrogen and oxygen atoms in total. The molecule has 0 aromatic heterocycles. The predicted molar refractivity (Wildman–Crippen MR) is 114 cm³/mol. The standard InChI is InChI=1S/C23H27NO6/c1-4-5-22(27)30-23-19(28-2)14-17(15-20(23)29-3)8-11-21(26)24-13-12-16-6-9-18(25)10-7-16/h6-11,14-15,25H,4-5,12-13H2,1-3H3,(H,24,26). The van der Waals surface area contributed by atoms with Crippen molar-refractivity contribution in [2.24, 2.45) is 0 Å². The van der Waals surface area contributed by atoms with Crippen molar-refractivity contribution in [3.8, 4) is 23.0 Å². The molecule has 0 spiro atoms. The zero-order valence-corrected chi connectivity index (χ0v) is 17.4. The van der Waals surface area contributed by atoms with Crippen LogP contribution in [0.2, 0.25) is 0 Å². The Morgan fingerprint density at radius 3 is 2.27 bits per heavy atom. The molecule has 2 aromatic rings. The van der Waals surface area contributed by atoms with Crippen LogP contribution in [-0.4, -0.2) is 37.7 Å². The molecule has 2 N–H and O–H groups in total. The molecule has 2 rings (SSSR count). The summed E-state index contributed by atoms with van der Waals surface area (Å²) < 4.78 is 16.0. The van der Waals surface area contributed by atoms with E-state index in [1.165, 1.54) is 20.3 Å². The van der Waals surface area contributed by atoms with E-state index in [1.54, 1.807) is 30.3 Å². The van der Waals surface area contributed by atoms with Gasteiger partial charge in [-0.25, -0.2) is 0 Å². The highest BCUT2D eigenvalue weighted by Gasteiger charge is 2.17. The number of carbonyl (C=O) groups excluding carboxylic acids is 2. The van der Waals surface area contributed by atoms with Crippen LogP contribution in [-0.2, 0) is 16.0 Å². The quantitative estimate of drug-likeness (QED) is 0.352. The van der Waals surface area contributed by atoms with Crippen molar-refractivity contribution in [2.75, 3.05) is 20.8 Å². The van der Waals surface area contributed by atoms with Crippen LogP contribution in [0.4, 0.5) is 0 Å². The molecular weight excluding hydrogens is 386 g/mol. The minimum absolute atomic E-state index is 0.211. The van der Waals surface area contributed by atoms with Gasteiger partial charge in [-0.1, -0.05) is 19.1 Å². The first kappa shape index (κ1) is 22.8. The number of aromatic hydroxyl groups is 1. The highest BCUT2D eigenvalue weighted by molar-refractivity contribution is 5.92. The Labute approximate surface area is 176 Å². The van der Waals surface area contributed by atoms with E-state index < -0.39 is 0 Å². The fourth-order valence-electron chi connectivity index (χ4n) is 2.69. The number of phenols is 1. The minimum atomic E-state index is -0.370. The Morgan fingerprint density at radius 2 is 1.70 bits per heavy atom. The van der Waals surface area contributed by atoms with E-state index in [4.69, 9.17) is 14.2 Å². The summed E-state index contributed by atoms with van der Waals surface area (Å²) in [5.74, 6) is 0.490. The summed E-state index contributed by atoms with van der Waals surface area (Å²) in [5.41, 5.74) is 1.67. The molecule has 0 saturated heterocycles. The monoisotopic (exact) mass is 413 g/mol. The second-order valence-corrected chi connectivity index (χ2v) is 6.52. The zero-order valence-electron chi connectivity index (χ0n) is 17.4. The normalized spacial score (nSPS) is 10.6. The molecule has 0 unspecified atom stereocenters. The maximum absolute atomic E-state index is 12.1. The minimum Gasteiger partial charge on any atom is -0.508 e. The molecule has 1 amide bonds. The number of phenolic OH excluding ortho intramolecular Hbond substituents is 1. The third-order valence-corrected chi connectivity index (χ3v) is 4.23. The smallest absolute Gasteiger partial charge is 0.311 e. The molecule has 30 heavy (non-hydrogen) atoms. The average molecular weight is 413 g/mol. The van der Waals surface area contributed by atoms with Gasteiger partial charge in [0.2, 0.25) is 11.7 Å². The first-order chi connectivity index (χ1) is 14.5. The first-order valence-corrected chi connectivity index (χ1v) is 9.67. The Hall–Kier alpha value is -3.48. The lowest BCUT2D eigenvalue weighted by molar-refractivity contribution is -0.134. The lowest BCUT2D eigenvalue weighted by Crippen LogP contribution is -2.23. The summed E-state index contributed by atoms with van der Waals surface area (Å²) >= 11 is 0. The zero-order chi connectivity index (χ0) is 21.9. The van der Waals surface area contributed by atoms with Gasteiger partial charge in [0, 0.05) is 19.0 Å². The van der Waals surface area contributed by atoms with Gasteiger partial charge in [-0.2, -0.15) is 0 Å². The Bertz CT molecular complexity index is 864. The van der Waals surface area contributed by atoms with Crippen molar-refractivity contribution in [3.63, 3.8) is 0 Å². The van der Waals surface area contributed by atoms with E-state index in [1.807, 2.05) is 19.1 Å². The summed E-state index contributed by atoms with van der Waals surface area (Å²) in [6, 6.07) is 10.2. The molecule has 2 aromatic carbocycles. The molecule has 0 saturated carbocycles. The van der Waals surface area contributed by atoms with Crippen LogP contribution >= 0.6 is 0 Å². The van der Waals surface area contributed by atoms with E-state index in [-0.39, 0.29) is 29.8 Å². The molecule has 0 heterocycles. The molecule has 0 aliphatic heterocycles. The van der Waals surface area contributed by atoms with Gasteiger partial charge >= 0.3 is 5.97 Å². The van der Waals surface area contributed by atoms with Crippen LogP contribution in [0.1, 0.15) is 30.9 Å². The molecule has 0 bridgehead atoms. The van der Waals surface area contributed by atoms with Crippen LogP contribution in [0.25, 0.3) is 6.08 Å². The maximum Gasteiger partial charge on any atom is 0.311 e. The van der Waals surface area contributed by atoms with Crippen LogP contribution < -0.4 is 19.5 Å². The van der Waals surface area contributed by atoms with E-state index in [2.05, 4.69) is 5.32 Å². The van der Waals surface area contributed by atoms with Gasteiger partial charge in [-0.3, -0.25) is 9.59 Å². The van der Waals surface area contributed by atoms with Crippen molar-refractivity contribution < 1.29 is 28.9 Å². The maximum atomic E-state index is 12.1. The summed E-state index contributed by atoms with van der Waals surface area (Å²) in [5, 5.41) is 12.1. The molecule has 160 valence electrons. The lowest BCUT2D eigenvalue weighted by Gasteiger charge is -2.14. The SMILES string of the molecule is CCCC(=O)Oc1c(OC)cc(C=CC(=O)NCCc2ccc(O)cc2)cc1OC. The number of carbonyl (C=O) groups is 2. The van der Waals surface area contributed by atoms with Gasteiger partial charge in [-0.15, -0.1) is 0 Å². The number of nitrogens with one attached hydrogen (secondary N) is 1. The number of methoxy groups -OCH3 is 2. The fourth-order valence-corrected chi connectivity index (χ4v) is 2.69. The van der Waals surface area contributed by atoms with Crippen molar-refractivity contribution in [3.05, 3.63) is 53.6 Å². The summed E-state index contributed by atoms with van der Waals surface area (Å²) in [7, 11) is 2.94. The third kappa shape index (κ3) is 6.84. The average Bonchev–Trinajstić information content (AvgIpc) is 2.74. The topological polar surface area (TPSA) is 94.1 Å². The van der Waals surface area contributed by atoms with Gasteiger partial charge < -0.3 is 24.6 Å². The van der Waals surface area contributed by atoms with E-state index in [9.17, 15) is 14.7 Å². The lowest BCUT2D eigenvalue weighted by atomic mass is 10.1. The number of amides is 1. The number of benzene rings is 2. The number of hydrogen-bond acceptors (Lipinski definition) is 6. The summed E-state index contributed by atoms with van der Waals surface area (Å²) in [6.07, 6.45) is 4.65. The fraction of sp³-hybridized carbons (Fsp3) is 0.304. The molecule has 0 aliphatic carbocycles. The van der Waals surface area contributed by atoms with Crippen molar-refractivity contribution in [1.29, 1.82) is 0 Å². The number of esters is 1. The first-order valence-electron chi connectivity index (χ1n) is 9.67. The van der Waals surface area contributed by atoms with Crippen LogP contribution in [0.5, 0.6) is 23.0 Å². The summed E-state index contributed by atoms with van der Waals surface area (Å²) in [6.45, 7) is 2.35. The molecule has 0 atom stereocenters. The number of ether oxygens (including phenoxy) is 3. The highest BCUT2D eigenvalue weighted by Crippen LogP contribution is 2.39. The van der Waals surface area contributed by atoms with Crippen LogP contribution in [0.3, 0.4) is 0 Å². The van der Waals surface area contributed by atoms with E-state index in [0.717, 1.165) is 5.56 Å². The van der Waals surface area contributed by atoms with Gasteiger partial charge in [0.25, 0.3) is 0 Å². The van der Waals surface area contributed by atoms with Gasteiger partial charge in [-0.05, 0) is 54.3 Å².